The molecular formula is C19H16ClN5O. The third-order valence-corrected chi connectivity index (χ3v) is 4.24. The Labute approximate surface area is 155 Å². The highest BCUT2D eigenvalue weighted by Gasteiger charge is 2.08. The second-order valence-electron chi connectivity index (χ2n) is 5.78. The fourth-order valence-electron chi connectivity index (χ4n) is 2.78. The molecule has 130 valence electrons. The Hall–Kier alpha value is -3.12. The highest BCUT2D eigenvalue weighted by molar-refractivity contribution is 6.31. The Balaban J connectivity index is 1.53. The van der Waals surface area contributed by atoms with E-state index in [1.807, 2.05) is 48.9 Å². The second-order valence-corrected chi connectivity index (χ2v) is 6.22. The van der Waals surface area contributed by atoms with Gasteiger partial charge in [-0.25, -0.2) is 15.0 Å². The van der Waals surface area contributed by atoms with Gasteiger partial charge in [-0.3, -0.25) is 0 Å². The number of aromatic nitrogens is 4. The van der Waals surface area contributed by atoms with Crippen LogP contribution in [0.1, 0.15) is 11.1 Å². The van der Waals surface area contributed by atoms with Gasteiger partial charge in [0.15, 0.2) is 0 Å². The number of anilines is 2. The molecule has 4 aromatic rings. The molecule has 0 saturated carbocycles. The quantitative estimate of drug-likeness (QED) is 0.550. The molecular weight excluding hydrogens is 350 g/mol. The van der Waals surface area contributed by atoms with Crippen LogP contribution in [0.5, 0.6) is 5.75 Å². The average Bonchev–Trinajstić information content (AvgIpc) is 3.06. The minimum atomic E-state index is 0.516. The van der Waals surface area contributed by atoms with Gasteiger partial charge in [-0.1, -0.05) is 23.7 Å². The van der Waals surface area contributed by atoms with Crippen molar-refractivity contribution in [3.05, 3.63) is 71.3 Å². The monoisotopic (exact) mass is 365 g/mol. The molecule has 0 aliphatic carbocycles. The maximum atomic E-state index is 6.05. The largest absolute Gasteiger partial charge is 0.495 e. The lowest BCUT2D eigenvalue weighted by molar-refractivity contribution is 0.417. The van der Waals surface area contributed by atoms with E-state index < -0.39 is 0 Å². The number of H-pyrrole nitrogens is 1. The van der Waals surface area contributed by atoms with Crippen molar-refractivity contribution in [1.82, 2.24) is 19.9 Å². The number of hydrogen-bond acceptors (Lipinski definition) is 5. The predicted molar refractivity (Wildman–Crippen MR) is 102 cm³/mol. The molecule has 0 unspecified atom stereocenters. The van der Waals surface area contributed by atoms with Crippen LogP contribution in [0, 0.1) is 0 Å². The van der Waals surface area contributed by atoms with E-state index >= 15 is 0 Å². The zero-order valence-corrected chi connectivity index (χ0v) is 14.8. The first-order valence-electron chi connectivity index (χ1n) is 8.05. The van der Waals surface area contributed by atoms with Crippen molar-refractivity contribution in [2.24, 2.45) is 0 Å². The number of pyridine rings is 1. The van der Waals surface area contributed by atoms with Gasteiger partial charge in [0.1, 0.15) is 11.4 Å². The molecule has 0 aliphatic heterocycles. The van der Waals surface area contributed by atoms with Crippen molar-refractivity contribution in [3.8, 4) is 5.75 Å². The van der Waals surface area contributed by atoms with Gasteiger partial charge in [-0.05, 0) is 29.3 Å². The fourth-order valence-corrected chi connectivity index (χ4v) is 2.94. The molecule has 7 heteroatoms. The summed E-state index contributed by atoms with van der Waals surface area (Å²) in [5, 5.41) is 4.79. The van der Waals surface area contributed by atoms with Crippen LogP contribution in [0.15, 0.2) is 55.1 Å². The first-order chi connectivity index (χ1) is 12.7. The zero-order valence-electron chi connectivity index (χ0n) is 14.0. The molecule has 0 atom stereocenters. The number of benzene rings is 1. The number of aromatic amines is 1. The summed E-state index contributed by atoms with van der Waals surface area (Å²) in [6, 6.07) is 9.55. The fraction of sp³-hybridized carbons (Fsp3) is 0.105. The minimum absolute atomic E-state index is 0.516. The summed E-state index contributed by atoms with van der Waals surface area (Å²) in [5.41, 5.74) is 3.74. The number of ether oxygens (including phenoxy) is 1. The van der Waals surface area contributed by atoms with Gasteiger partial charge in [0.05, 0.1) is 17.8 Å². The standard InChI is InChI=1S/C19H16ClN5O/c1-26-17-5-3-2-4-16(17)25-19-23-8-12(9-24-19)6-13-10-21-18-15(13)7-14(20)11-22-18/h2-5,7-11H,6H2,1H3,(H,21,22)(H,23,24,25). The van der Waals surface area contributed by atoms with Crippen LogP contribution in [0.4, 0.5) is 11.6 Å². The maximum absolute atomic E-state index is 6.05. The average molecular weight is 366 g/mol. The highest BCUT2D eigenvalue weighted by atomic mass is 35.5. The molecule has 0 radical (unpaired) electrons. The summed E-state index contributed by atoms with van der Waals surface area (Å²) in [6.45, 7) is 0. The Morgan fingerprint density at radius 3 is 2.73 bits per heavy atom. The molecule has 0 amide bonds. The molecule has 6 nitrogen and oxygen atoms in total. The molecule has 1 aromatic carbocycles. The summed E-state index contributed by atoms with van der Waals surface area (Å²) >= 11 is 6.05. The SMILES string of the molecule is COc1ccccc1Nc1ncc(Cc2c[nH]c3ncc(Cl)cc23)cn1. The van der Waals surface area contributed by atoms with Crippen LogP contribution < -0.4 is 10.1 Å². The van der Waals surface area contributed by atoms with Crippen LogP contribution in [0.2, 0.25) is 5.02 Å². The van der Waals surface area contributed by atoms with Crippen LogP contribution in [-0.4, -0.2) is 27.0 Å². The lowest BCUT2D eigenvalue weighted by Gasteiger charge is -2.09. The van der Waals surface area contributed by atoms with Crippen molar-refractivity contribution in [2.45, 2.75) is 6.42 Å². The Morgan fingerprint density at radius 2 is 1.92 bits per heavy atom. The lowest BCUT2D eigenvalue weighted by atomic mass is 10.1. The maximum Gasteiger partial charge on any atom is 0.227 e. The molecule has 0 aliphatic rings. The van der Waals surface area contributed by atoms with Crippen LogP contribution in [0.3, 0.4) is 0 Å². The van der Waals surface area contributed by atoms with E-state index in [4.69, 9.17) is 16.3 Å². The number of nitrogens with one attached hydrogen (secondary N) is 2. The molecule has 3 aromatic heterocycles. The summed E-state index contributed by atoms with van der Waals surface area (Å²) in [4.78, 5) is 16.2. The van der Waals surface area contributed by atoms with E-state index in [9.17, 15) is 0 Å². The van der Waals surface area contributed by atoms with Gasteiger partial charge in [-0.2, -0.15) is 0 Å². The summed E-state index contributed by atoms with van der Waals surface area (Å²) in [5.74, 6) is 1.25. The number of hydrogen-bond donors (Lipinski definition) is 2. The lowest BCUT2D eigenvalue weighted by Crippen LogP contribution is -2.00. The zero-order chi connectivity index (χ0) is 17.9. The van der Waals surface area contributed by atoms with E-state index in [1.165, 1.54) is 0 Å². The van der Waals surface area contributed by atoms with E-state index in [-0.39, 0.29) is 0 Å². The third-order valence-electron chi connectivity index (χ3n) is 4.04. The summed E-state index contributed by atoms with van der Waals surface area (Å²) in [7, 11) is 1.63. The van der Waals surface area contributed by atoms with Crippen LogP contribution >= 0.6 is 11.6 Å². The first-order valence-corrected chi connectivity index (χ1v) is 8.43. The Morgan fingerprint density at radius 1 is 1.12 bits per heavy atom. The number of methoxy groups -OCH3 is 1. The summed E-state index contributed by atoms with van der Waals surface area (Å²) in [6.07, 6.45) is 7.88. The molecule has 0 bridgehead atoms. The van der Waals surface area contributed by atoms with E-state index in [0.29, 0.717) is 17.4 Å². The smallest absolute Gasteiger partial charge is 0.227 e. The molecule has 3 heterocycles. The topological polar surface area (TPSA) is 75.7 Å². The predicted octanol–water partition coefficient (Wildman–Crippen LogP) is 4.35. The molecule has 0 saturated heterocycles. The number of fused-ring (bicyclic) bond motifs is 1. The first kappa shape index (κ1) is 16.4. The normalized spacial score (nSPS) is 10.8. The van der Waals surface area contributed by atoms with Gasteiger partial charge >= 0.3 is 0 Å². The number of rotatable bonds is 5. The minimum Gasteiger partial charge on any atom is -0.495 e. The Kier molecular flexibility index (Phi) is 4.41. The van der Waals surface area contributed by atoms with Crippen molar-refractivity contribution < 1.29 is 4.74 Å². The summed E-state index contributed by atoms with van der Waals surface area (Å²) < 4.78 is 5.32. The molecule has 2 N–H and O–H groups in total. The van der Waals surface area contributed by atoms with Crippen molar-refractivity contribution in [3.63, 3.8) is 0 Å². The Bertz CT molecular complexity index is 1050. The van der Waals surface area contributed by atoms with Crippen molar-refractivity contribution in [1.29, 1.82) is 0 Å². The van der Waals surface area contributed by atoms with Gasteiger partial charge in [0, 0.05) is 36.6 Å². The van der Waals surface area contributed by atoms with Crippen LogP contribution in [-0.2, 0) is 6.42 Å². The number of halogens is 1. The van der Waals surface area contributed by atoms with Gasteiger partial charge < -0.3 is 15.0 Å². The second kappa shape index (κ2) is 7.01. The van der Waals surface area contributed by atoms with E-state index in [0.717, 1.165) is 33.6 Å². The van der Waals surface area contributed by atoms with E-state index in [2.05, 4.69) is 25.3 Å². The molecule has 0 fully saturated rings. The van der Waals surface area contributed by atoms with Crippen LogP contribution in [0.25, 0.3) is 11.0 Å². The molecule has 26 heavy (non-hydrogen) atoms. The van der Waals surface area contributed by atoms with Gasteiger partial charge in [0.2, 0.25) is 5.95 Å². The number of nitrogens with zero attached hydrogens (tertiary/aromatic N) is 3. The van der Waals surface area contributed by atoms with Gasteiger partial charge in [-0.15, -0.1) is 0 Å². The van der Waals surface area contributed by atoms with Gasteiger partial charge in [0.25, 0.3) is 0 Å². The molecule has 0 spiro atoms. The molecule has 4 rings (SSSR count). The third kappa shape index (κ3) is 3.32. The number of para-hydroxylation sites is 2. The van der Waals surface area contributed by atoms with Crippen molar-refractivity contribution >= 4 is 34.3 Å². The van der Waals surface area contributed by atoms with E-state index in [1.54, 1.807) is 13.3 Å². The van der Waals surface area contributed by atoms with Crippen molar-refractivity contribution in [2.75, 3.05) is 12.4 Å². The highest BCUT2D eigenvalue weighted by Crippen LogP contribution is 2.26.